The van der Waals surface area contributed by atoms with Crippen LogP contribution < -0.4 is 11.1 Å². The second kappa shape index (κ2) is 1.96. The molecule has 0 aromatic heterocycles. The Hall–Kier alpha value is -0.0800. The number of fused-ring (bicyclic) bond motifs is 2. The van der Waals surface area contributed by atoms with Crippen LogP contribution in [0, 0.1) is 5.92 Å². The quantitative estimate of drug-likeness (QED) is 0.522. The van der Waals surface area contributed by atoms with Crippen molar-refractivity contribution in [2.45, 2.75) is 31.3 Å². The van der Waals surface area contributed by atoms with Gasteiger partial charge in [-0.2, -0.15) is 0 Å². The summed E-state index contributed by atoms with van der Waals surface area (Å²) >= 11 is 0. The predicted molar refractivity (Wildman–Crippen MR) is 37.1 cm³/mol. The van der Waals surface area contributed by atoms with Gasteiger partial charge in [0.1, 0.15) is 0 Å². The van der Waals surface area contributed by atoms with Gasteiger partial charge in [-0.15, -0.1) is 0 Å². The zero-order valence-electron chi connectivity index (χ0n) is 5.64. The fourth-order valence-electron chi connectivity index (χ4n) is 2.07. The molecule has 0 amide bonds. The molecule has 2 unspecified atom stereocenters. The summed E-state index contributed by atoms with van der Waals surface area (Å²) in [6.45, 7) is 0.898. The van der Waals surface area contributed by atoms with E-state index in [0.717, 1.165) is 24.5 Å². The molecule has 0 aromatic rings. The van der Waals surface area contributed by atoms with E-state index in [9.17, 15) is 0 Å². The topological polar surface area (TPSA) is 38.0 Å². The summed E-state index contributed by atoms with van der Waals surface area (Å²) in [7, 11) is 0. The summed E-state index contributed by atoms with van der Waals surface area (Å²) < 4.78 is 0. The fourth-order valence-corrected chi connectivity index (χ4v) is 2.07. The van der Waals surface area contributed by atoms with E-state index in [2.05, 4.69) is 5.32 Å². The van der Waals surface area contributed by atoms with Crippen LogP contribution in [0.4, 0.5) is 0 Å². The van der Waals surface area contributed by atoms with E-state index in [0.29, 0.717) is 0 Å². The van der Waals surface area contributed by atoms with Gasteiger partial charge in [-0.3, -0.25) is 0 Å². The second-order valence-corrected chi connectivity index (χ2v) is 3.37. The Balaban J connectivity index is 1.89. The van der Waals surface area contributed by atoms with Gasteiger partial charge < -0.3 is 11.1 Å². The Morgan fingerprint density at radius 1 is 1.22 bits per heavy atom. The number of piperidine rings is 1. The van der Waals surface area contributed by atoms with Gasteiger partial charge in [0.2, 0.25) is 0 Å². The molecule has 1 aliphatic carbocycles. The molecule has 3 fully saturated rings. The lowest BCUT2D eigenvalue weighted by molar-refractivity contribution is 0.132. The Kier molecular flexibility index (Phi) is 1.24. The summed E-state index contributed by atoms with van der Waals surface area (Å²) in [5.41, 5.74) is 5.56. The SMILES string of the molecule is NCC1CC2CC(C1)N2. The van der Waals surface area contributed by atoms with Gasteiger partial charge in [-0.05, 0) is 31.7 Å². The van der Waals surface area contributed by atoms with Crippen LogP contribution in [0.15, 0.2) is 0 Å². The molecule has 2 saturated heterocycles. The number of rotatable bonds is 1. The highest BCUT2D eigenvalue weighted by molar-refractivity contribution is 4.96. The van der Waals surface area contributed by atoms with E-state index in [-0.39, 0.29) is 0 Å². The fraction of sp³-hybridized carbons (Fsp3) is 1.00. The average Bonchev–Trinajstić information content (AvgIpc) is 1.87. The highest BCUT2D eigenvalue weighted by atomic mass is 15.0. The van der Waals surface area contributed by atoms with Crippen LogP contribution in [-0.2, 0) is 0 Å². The third kappa shape index (κ3) is 0.864. The number of hydrogen-bond acceptors (Lipinski definition) is 2. The van der Waals surface area contributed by atoms with Gasteiger partial charge in [-0.1, -0.05) is 0 Å². The maximum atomic E-state index is 5.56. The molecule has 52 valence electrons. The molecule has 2 atom stereocenters. The summed E-state index contributed by atoms with van der Waals surface area (Å²) in [5, 5.41) is 3.49. The molecule has 3 N–H and O–H groups in total. The summed E-state index contributed by atoms with van der Waals surface area (Å²) in [6, 6.07) is 1.66. The lowest BCUT2D eigenvalue weighted by Crippen LogP contribution is -2.58. The van der Waals surface area contributed by atoms with E-state index in [4.69, 9.17) is 5.73 Å². The maximum Gasteiger partial charge on any atom is 0.00876 e. The molecular formula is C7H14N2. The number of nitrogens with two attached hydrogens (primary N) is 1. The monoisotopic (exact) mass is 126 g/mol. The molecule has 2 aliphatic heterocycles. The first-order valence-electron chi connectivity index (χ1n) is 3.84. The molecule has 3 aliphatic rings. The van der Waals surface area contributed by atoms with Gasteiger partial charge in [0.15, 0.2) is 0 Å². The Morgan fingerprint density at radius 3 is 2.11 bits per heavy atom. The highest BCUT2D eigenvalue weighted by Gasteiger charge is 2.36. The van der Waals surface area contributed by atoms with Crippen molar-refractivity contribution < 1.29 is 0 Å². The zero-order valence-corrected chi connectivity index (χ0v) is 5.64. The molecule has 0 aromatic carbocycles. The van der Waals surface area contributed by atoms with Crippen LogP contribution in [0.2, 0.25) is 0 Å². The van der Waals surface area contributed by atoms with E-state index in [1.807, 2.05) is 0 Å². The van der Waals surface area contributed by atoms with Crippen LogP contribution in [0.25, 0.3) is 0 Å². The average molecular weight is 126 g/mol. The van der Waals surface area contributed by atoms with Crippen LogP contribution in [0.1, 0.15) is 19.3 Å². The second-order valence-electron chi connectivity index (χ2n) is 3.37. The van der Waals surface area contributed by atoms with Crippen molar-refractivity contribution in [1.29, 1.82) is 0 Å². The first-order valence-corrected chi connectivity index (χ1v) is 3.84. The molecular weight excluding hydrogens is 112 g/mol. The molecule has 2 nitrogen and oxygen atoms in total. The van der Waals surface area contributed by atoms with Crippen molar-refractivity contribution in [2.75, 3.05) is 6.54 Å². The largest absolute Gasteiger partial charge is 0.330 e. The van der Waals surface area contributed by atoms with Crippen molar-refractivity contribution in [2.24, 2.45) is 11.7 Å². The number of nitrogens with one attached hydrogen (secondary N) is 1. The maximum absolute atomic E-state index is 5.56. The van der Waals surface area contributed by atoms with Crippen LogP contribution in [-0.4, -0.2) is 18.6 Å². The van der Waals surface area contributed by atoms with Gasteiger partial charge in [0, 0.05) is 12.1 Å². The molecule has 2 heteroatoms. The van der Waals surface area contributed by atoms with Gasteiger partial charge in [0.05, 0.1) is 0 Å². The molecule has 0 spiro atoms. The van der Waals surface area contributed by atoms with Crippen molar-refractivity contribution in [3.05, 3.63) is 0 Å². The van der Waals surface area contributed by atoms with Crippen molar-refractivity contribution in [1.82, 2.24) is 5.32 Å². The minimum Gasteiger partial charge on any atom is -0.330 e. The third-order valence-electron chi connectivity index (χ3n) is 2.61. The van der Waals surface area contributed by atoms with Crippen molar-refractivity contribution in [3.63, 3.8) is 0 Å². The Bertz CT molecular complexity index is 97.5. The zero-order chi connectivity index (χ0) is 6.27. The van der Waals surface area contributed by atoms with Gasteiger partial charge >= 0.3 is 0 Å². The molecule has 9 heavy (non-hydrogen) atoms. The van der Waals surface area contributed by atoms with E-state index < -0.39 is 0 Å². The highest BCUT2D eigenvalue weighted by Crippen LogP contribution is 2.31. The Labute approximate surface area is 55.8 Å². The minimum absolute atomic E-state index is 0.829. The first-order chi connectivity index (χ1) is 4.38. The molecule has 0 radical (unpaired) electrons. The Morgan fingerprint density at radius 2 is 1.78 bits per heavy atom. The molecule has 2 bridgehead atoms. The summed E-state index contributed by atoms with van der Waals surface area (Å²) in [6.07, 6.45) is 4.07. The van der Waals surface area contributed by atoms with Crippen molar-refractivity contribution in [3.8, 4) is 0 Å². The number of hydrogen-bond donors (Lipinski definition) is 2. The van der Waals surface area contributed by atoms with E-state index >= 15 is 0 Å². The minimum atomic E-state index is 0.829. The lowest BCUT2D eigenvalue weighted by atomic mass is 9.76. The van der Waals surface area contributed by atoms with Crippen molar-refractivity contribution >= 4 is 0 Å². The van der Waals surface area contributed by atoms with Crippen LogP contribution in [0.3, 0.4) is 0 Å². The van der Waals surface area contributed by atoms with Crippen LogP contribution >= 0.6 is 0 Å². The van der Waals surface area contributed by atoms with Gasteiger partial charge in [-0.25, -0.2) is 0 Å². The summed E-state index contributed by atoms with van der Waals surface area (Å²) in [4.78, 5) is 0. The smallest absolute Gasteiger partial charge is 0.00876 e. The summed E-state index contributed by atoms with van der Waals surface area (Å²) in [5.74, 6) is 0.829. The first kappa shape index (κ1) is 5.69. The van der Waals surface area contributed by atoms with Crippen LogP contribution in [0.5, 0.6) is 0 Å². The molecule has 1 saturated carbocycles. The van der Waals surface area contributed by atoms with Gasteiger partial charge in [0.25, 0.3) is 0 Å². The predicted octanol–water partition coefficient (Wildman–Crippen LogP) is 0.0856. The van der Waals surface area contributed by atoms with E-state index in [1.165, 1.54) is 19.3 Å². The molecule has 2 heterocycles. The standard InChI is InChI=1S/C7H14N2/c8-4-5-1-6-3-7(2-5)9-6/h5-7,9H,1-4,8H2. The lowest BCUT2D eigenvalue weighted by Gasteiger charge is -2.46. The molecule has 3 rings (SSSR count). The normalized spacial score (nSPS) is 48.3. The third-order valence-corrected chi connectivity index (χ3v) is 2.61. The van der Waals surface area contributed by atoms with E-state index in [1.54, 1.807) is 0 Å².